The first-order chi connectivity index (χ1) is 6.87. The molecule has 0 spiro atoms. The largest absolute Gasteiger partial charge is 0.406 e. The third-order valence-corrected chi connectivity index (χ3v) is 2.06. The summed E-state index contributed by atoms with van der Waals surface area (Å²) in [5.41, 5.74) is 5.13. The van der Waals surface area contributed by atoms with Crippen LogP contribution >= 0.6 is 0 Å². The van der Waals surface area contributed by atoms with E-state index >= 15 is 0 Å². The molecular formula is C8H15N5O2. The van der Waals surface area contributed by atoms with Crippen molar-refractivity contribution in [1.82, 2.24) is 9.55 Å². The van der Waals surface area contributed by atoms with Crippen LogP contribution in [0.4, 0.5) is 11.6 Å². The molecule has 0 aliphatic carbocycles. The second-order valence-electron chi connectivity index (χ2n) is 4.00. The monoisotopic (exact) mass is 213 g/mol. The summed E-state index contributed by atoms with van der Waals surface area (Å²) in [7, 11) is 1.69. The molecule has 1 aromatic heterocycles. The van der Waals surface area contributed by atoms with E-state index in [4.69, 9.17) is 5.73 Å². The van der Waals surface area contributed by atoms with Crippen LogP contribution in [0.25, 0.3) is 0 Å². The Kier molecular flexibility index (Phi) is 2.94. The zero-order valence-electron chi connectivity index (χ0n) is 9.02. The van der Waals surface area contributed by atoms with Crippen LogP contribution in [0.2, 0.25) is 0 Å². The number of imidazole rings is 1. The number of rotatable bonds is 4. The molecular weight excluding hydrogens is 198 g/mol. The molecule has 0 saturated heterocycles. The van der Waals surface area contributed by atoms with Crippen molar-refractivity contribution >= 4 is 11.6 Å². The molecule has 0 fully saturated rings. The Morgan fingerprint density at radius 1 is 1.73 bits per heavy atom. The number of aryl methyl sites for hydroxylation is 1. The fraction of sp³-hybridized carbons (Fsp3) is 0.625. The summed E-state index contributed by atoms with van der Waals surface area (Å²) >= 11 is 0. The zero-order chi connectivity index (χ0) is 11.6. The predicted octanol–water partition coefficient (Wildman–Crippen LogP) is 0.477. The van der Waals surface area contributed by atoms with Gasteiger partial charge >= 0.3 is 5.82 Å². The Morgan fingerprint density at radius 2 is 2.33 bits per heavy atom. The van der Waals surface area contributed by atoms with Crippen molar-refractivity contribution in [3.63, 3.8) is 0 Å². The highest BCUT2D eigenvalue weighted by atomic mass is 16.6. The van der Waals surface area contributed by atoms with E-state index in [9.17, 15) is 10.1 Å². The van der Waals surface area contributed by atoms with E-state index < -0.39 is 10.5 Å². The molecule has 0 amide bonds. The number of nitro groups is 1. The molecule has 7 nitrogen and oxygen atoms in total. The third kappa shape index (κ3) is 2.44. The van der Waals surface area contributed by atoms with Crippen molar-refractivity contribution in [1.29, 1.82) is 0 Å². The number of hydrogen-bond donors (Lipinski definition) is 2. The van der Waals surface area contributed by atoms with Crippen LogP contribution < -0.4 is 11.1 Å². The van der Waals surface area contributed by atoms with Crippen LogP contribution in [-0.2, 0) is 7.05 Å². The molecule has 0 unspecified atom stereocenters. The molecule has 0 aliphatic heterocycles. The summed E-state index contributed by atoms with van der Waals surface area (Å²) < 4.78 is 1.57. The van der Waals surface area contributed by atoms with E-state index in [2.05, 4.69) is 10.3 Å². The lowest BCUT2D eigenvalue weighted by molar-refractivity contribution is -0.388. The van der Waals surface area contributed by atoms with E-state index in [0.29, 0.717) is 12.4 Å². The number of nitrogens with one attached hydrogen (secondary N) is 1. The maximum atomic E-state index is 10.7. The smallest absolute Gasteiger partial charge is 0.358 e. The van der Waals surface area contributed by atoms with E-state index in [1.165, 1.54) is 6.33 Å². The van der Waals surface area contributed by atoms with Crippen molar-refractivity contribution in [3.8, 4) is 0 Å². The quantitative estimate of drug-likeness (QED) is 0.559. The minimum Gasteiger partial charge on any atom is -0.358 e. The Hall–Kier alpha value is -1.63. The van der Waals surface area contributed by atoms with Gasteiger partial charge in [0.25, 0.3) is 0 Å². The van der Waals surface area contributed by atoms with Crippen molar-refractivity contribution < 1.29 is 4.92 Å². The number of nitrogens with two attached hydrogens (primary N) is 1. The lowest BCUT2D eigenvalue weighted by atomic mass is 10.1. The first kappa shape index (κ1) is 11.4. The molecule has 7 heteroatoms. The summed E-state index contributed by atoms with van der Waals surface area (Å²) in [5, 5.41) is 13.7. The normalized spacial score (nSPS) is 11.5. The van der Waals surface area contributed by atoms with Crippen molar-refractivity contribution in [3.05, 3.63) is 16.4 Å². The molecule has 84 valence electrons. The average molecular weight is 213 g/mol. The molecule has 0 aliphatic rings. The van der Waals surface area contributed by atoms with Crippen LogP contribution in [0.3, 0.4) is 0 Å². The van der Waals surface area contributed by atoms with Gasteiger partial charge in [0.1, 0.15) is 0 Å². The fourth-order valence-electron chi connectivity index (χ4n) is 1.07. The van der Waals surface area contributed by atoms with Gasteiger partial charge in [-0.3, -0.25) is 4.57 Å². The standard InChI is InChI=1S/C8H15N5O2/c1-8(2,4-9)11-7-6(13(14)15)10-5-12(7)3/h5,11H,4,9H2,1-3H3. The SMILES string of the molecule is Cn1cnc([N+](=O)[O-])c1NC(C)(C)CN. The van der Waals surface area contributed by atoms with Gasteiger partial charge in [0.2, 0.25) is 12.1 Å². The van der Waals surface area contributed by atoms with Gasteiger partial charge in [0, 0.05) is 19.1 Å². The minimum atomic E-state index is -0.519. The van der Waals surface area contributed by atoms with E-state index in [0.717, 1.165) is 0 Å². The number of anilines is 1. The van der Waals surface area contributed by atoms with Gasteiger partial charge in [-0.05, 0) is 23.8 Å². The lowest BCUT2D eigenvalue weighted by Crippen LogP contribution is -2.39. The van der Waals surface area contributed by atoms with Crippen LogP contribution in [0.5, 0.6) is 0 Å². The molecule has 0 aromatic carbocycles. The highest BCUT2D eigenvalue weighted by Gasteiger charge is 2.25. The molecule has 1 aromatic rings. The molecule has 0 saturated carbocycles. The van der Waals surface area contributed by atoms with Crippen molar-refractivity contribution in [2.75, 3.05) is 11.9 Å². The van der Waals surface area contributed by atoms with E-state index in [1.54, 1.807) is 11.6 Å². The molecule has 0 radical (unpaired) electrons. The summed E-state index contributed by atoms with van der Waals surface area (Å²) in [6, 6.07) is 0. The highest BCUT2D eigenvalue weighted by molar-refractivity contribution is 5.53. The lowest BCUT2D eigenvalue weighted by Gasteiger charge is -2.24. The maximum absolute atomic E-state index is 10.7. The number of hydrogen-bond acceptors (Lipinski definition) is 5. The Balaban J connectivity index is 3.03. The van der Waals surface area contributed by atoms with Crippen LogP contribution in [0.1, 0.15) is 13.8 Å². The fourth-order valence-corrected chi connectivity index (χ4v) is 1.07. The van der Waals surface area contributed by atoms with Crippen molar-refractivity contribution in [2.24, 2.45) is 12.8 Å². The van der Waals surface area contributed by atoms with E-state index in [1.807, 2.05) is 13.8 Å². The first-order valence-corrected chi connectivity index (χ1v) is 4.51. The van der Waals surface area contributed by atoms with Gasteiger partial charge < -0.3 is 21.2 Å². The Labute approximate surface area is 87.4 Å². The summed E-state index contributed by atoms with van der Waals surface area (Å²) in [4.78, 5) is 13.8. The molecule has 0 atom stereocenters. The van der Waals surface area contributed by atoms with E-state index in [-0.39, 0.29) is 5.82 Å². The second kappa shape index (κ2) is 3.85. The second-order valence-corrected chi connectivity index (χ2v) is 4.00. The number of nitrogens with zero attached hydrogens (tertiary/aromatic N) is 3. The van der Waals surface area contributed by atoms with Crippen LogP contribution in [0.15, 0.2) is 6.33 Å². The summed E-state index contributed by atoms with van der Waals surface area (Å²) in [5.74, 6) is 0.189. The maximum Gasteiger partial charge on any atom is 0.406 e. The molecule has 3 N–H and O–H groups in total. The Bertz CT molecular complexity index is 371. The summed E-state index contributed by atoms with van der Waals surface area (Å²) in [6.07, 6.45) is 1.40. The minimum absolute atomic E-state index is 0.181. The first-order valence-electron chi connectivity index (χ1n) is 4.51. The number of aromatic nitrogens is 2. The molecule has 1 rings (SSSR count). The third-order valence-electron chi connectivity index (χ3n) is 2.06. The van der Waals surface area contributed by atoms with Crippen molar-refractivity contribution in [2.45, 2.75) is 19.4 Å². The van der Waals surface area contributed by atoms with Gasteiger partial charge in [-0.1, -0.05) is 0 Å². The predicted molar refractivity (Wildman–Crippen MR) is 56.6 cm³/mol. The van der Waals surface area contributed by atoms with Gasteiger partial charge in [-0.25, -0.2) is 0 Å². The highest BCUT2D eigenvalue weighted by Crippen LogP contribution is 2.24. The van der Waals surface area contributed by atoms with Crippen LogP contribution in [0, 0.1) is 10.1 Å². The van der Waals surface area contributed by atoms with Gasteiger partial charge in [-0.15, -0.1) is 0 Å². The molecule has 1 heterocycles. The summed E-state index contributed by atoms with van der Waals surface area (Å²) in [6.45, 7) is 4.10. The topological polar surface area (TPSA) is 99.0 Å². The molecule has 15 heavy (non-hydrogen) atoms. The van der Waals surface area contributed by atoms with Gasteiger partial charge in [0.15, 0.2) is 0 Å². The average Bonchev–Trinajstić information content (AvgIpc) is 2.48. The van der Waals surface area contributed by atoms with Crippen LogP contribution in [-0.4, -0.2) is 26.6 Å². The zero-order valence-corrected chi connectivity index (χ0v) is 9.02. The Morgan fingerprint density at radius 3 is 2.80 bits per heavy atom. The van der Waals surface area contributed by atoms with Gasteiger partial charge in [0.05, 0.1) is 0 Å². The molecule has 0 bridgehead atoms. The van der Waals surface area contributed by atoms with Gasteiger partial charge in [-0.2, -0.15) is 0 Å².